The molecule has 0 saturated heterocycles. The number of nitrogens with zero attached hydrogens (tertiary/aromatic N) is 1. The van der Waals surface area contributed by atoms with Crippen LogP contribution in [0.4, 0.5) is 0 Å². The van der Waals surface area contributed by atoms with Crippen molar-refractivity contribution < 1.29 is 8.95 Å². The van der Waals surface area contributed by atoms with Crippen molar-refractivity contribution in [2.24, 2.45) is 5.14 Å². The third-order valence-electron chi connectivity index (χ3n) is 2.67. The van der Waals surface area contributed by atoms with E-state index < -0.39 is 11.0 Å². The molecule has 1 aliphatic heterocycles. The van der Waals surface area contributed by atoms with Crippen molar-refractivity contribution in [1.29, 1.82) is 5.26 Å². The Bertz CT molecular complexity index is 468. The quantitative estimate of drug-likeness (QED) is 0.833. The fraction of sp³-hybridized carbons (Fsp3) is 0.364. The van der Waals surface area contributed by atoms with Crippen LogP contribution in [-0.4, -0.2) is 16.6 Å². The maximum atomic E-state index is 11.0. The number of fused-ring (bicyclic) bond motifs is 1. The molecule has 0 aromatic heterocycles. The van der Waals surface area contributed by atoms with E-state index in [2.05, 4.69) is 6.07 Å². The molecule has 0 amide bonds. The highest BCUT2D eigenvalue weighted by Gasteiger charge is 2.22. The maximum Gasteiger partial charge on any atom is 0.124 e. The Kier molecular flexibility index (Phi) is 3.22. The molecule has 1 heterocycles. The highest BCUT2D eigenvalue weighted by Crippen LogP contribution is 2.34. The van der Waals surface area contributed by atoms with Gasteiger partial charge in [0.15, 0.2) is 0 Å². The molecule has 0 radical (unpaired) electrons. The minimum atomic E-state index is -1.30. The zero-order chi connectivity index (χ0) is 11.5. The molecule has 2 N–H and O–H groups in total. The van der Waals surface area contributed by atoms with E-state index >= 15 is 0 Å². The van der Waals surface area contributed by atoms with Crippen LogP contribution in [0.2, 0.25) is 0 Å². The largest absolute Gasteiger partial charge is 0.493 e. The molecule has 0 bridgehead atoms. The van der Waals surface area contributed by atoms with Crippen LogP contribution >= 0.6 is 0 Å². The molecule has 0 saturated carbocycles. The number of benzene rings is 1. The van der Waals surface area contributed by atoms with Crippen molar-refractivity contribution >= 4 is 11.0 Å². The first-order valence-electron chi connectivity index (χ1n) is 5.00. The first kappa shape index (κ1) is 11.1. The van der Waals surface area contributed by atoms with E-state index in [1.807, 2.05) is 6.07 Å². The summed E-state index contributed by atoms with van der Waals surface area (Å²) in [4.78, 5) is 0. The van der Waals surface area contributed by atoms with Crippen LogP contribution in [0.15, 0.2) is 18.2 Å². The number of nitrogens with two attached hydrogens (primary N) is 1. The summed E-state index contributed by atoms with van der Waals surface area (Å²) in [5, 5.41) is 14.1. The molecule has 1 aliphatic rings. The summed E-state index contributed by atoms with van der Waals surface area (Å²) in [7, 11) is -1.30. The molecular weight excluding hydrogens is 224 g/mol. The lowest BCUT2D eigenvalue weighted by atomic mass is 9.94. The maximum absolute atomic E-state index is 11.0. The molecule has 0 aliphatic carbocycles. The summed E-state index contributed by atoms with van der Waals surface area (Å²) in [5.74, 6) is 1.34. The standard InChI is InChI=1S/C11H12N2O2S/c12-6-8-1-2-10-9(7-16(13)14)3-4-15-11(10)5-8/h1-2,5,9H,3-4,7,13H2. The van der Waals surface area contributed by atoms with Gasteiger partial charge in [-0.2, -0.15) is 5.26 Å². The molecule has 1 aromatic rings. The highest BCUT2D eigenvalue weighted by molar-refractivity contribution is 7.82. The van der Waals surface area contributed by atoms with Crippen LogP contribution in [0, 0.1) is 11.3 Å². The molecule has 0 fully saturated rings. The Balaban J connectivity index is 2.33. The Morgan fingerprint density at radius 2 is 2.44 bits per heavy atom. The van der Waals surface area contributed by atoms with Crippen LogP contribution in [0.25, 0.3) is 0 Å². The topological polar surface area (TPSA) is 76.1 Å². The smallest absolute Gasteiger partial charge is 0.124 e. The number of hydrogen-bond donors (Lipinski definition) is 1. The van der Waals surface area contributed by atoms with E-state index in [4.69, 9.17) is 15.1 Å². The van der Waals surface area contributed by atoms with Crippen LogP contribution in [0.3, 0.4) is 0 Å². The molecule has 1 aromatic carbocycles. The fourth-order valence-electron chi connectivity index (χ4n) is 1.90. The van der Waals surface area contributed by atoms with Crippen molar-refractivity contribution in [3.05, 3.63) is 29.3 Å². The molecule has 5 heteroatoms. The van der Waals surface area contributed by atoms with Crippen LogP contribution < -0.4 is 9.88 Å². The highest BCUT2D eigenvalue weighted by atomic mass is 32.2. The summed E-state index contributed by atoms with van der Waals surface area (Å²) >= 11 is 0. The van der Waals surface area contributed by atoms with Gasteiger partial charge in [0.25, 0.3) is 0 Å². The zero-order valence-electron chi connectivity index (χ0n) is 8.68. The second kappa shape index (κ2) is 4.64. The SMILES string of the molecule is N#Cc1ccc2c(c1)OCCC2CS(N)=O. The van der Waals surface area contributed by atoms with E-state index in [0.29, 0.717) is 17.9 Å². The number of rotatable bonds is 2. The summed E-state index contributed by atoms with van der Waals surface area (Å²) in [6.07, 6.45) is 0.821. The van der Waals surface area contributed by atoms with Gasteiger partial charge in [0.2, 0.25) is 0 Å². The van der Waals surface area contributed by atoms with E-state index in [1.54, 1.807) is 12.1 Å². The van der Waals surface area contributed by atoms with Crippen LogP contribution in [-0.2, 0) is 11.0 Å². The summed E-state index contributed by atoms with van der Waals surface area (Å²) in [6.45, 7) is 0.587. The van der Waals surface area contributed by atoms with Gasteiger partial charge in [-0.1, -0.05) is 6.07 Å². The van der Waals surface area contributed by atoms with Gasteiger partial charge >= 0.3 is 0 Å². The first-order chi connectivity index (χ1) is 7.70. The van der Waals surface area contributed by atoms with Gasteiger partial charge < -0.3 is 4.74 Å². The van der Waals surface area contributed by atoms with Crippen LogP contribution in [0.5, 0.6) is 5.75 Å². The summed E-state index contributed by atoms with van der Waals surface area (Å²) in [6, 6.07) is 7.41. The van der Waals surface area contributed by atoms with Crippen molar-refractivity contribution in [2.45, 2.75) is 12.3 Å². The minimum Gasteiger partial charge on any atom is -0.493 e. The van der Waals surface area contributed by atoms with Gasteiger partial charge in [-0.15, -0.1) is 0 Å². The van der Waals surface area contributed by atoms with E-state index in [9.17, 15) is 4.21 Å². The van der Waals surface area contributed by atoms with Crippen molar-refractivity contribution in [3.8, 4) is 11.8 Å². The van der Waals surface area contributed by atoms with Gasteiger partial charge in [-0.05, 0) is 24.1 Å². The van der Waals surface area contributed by atoms with Crippen LogP contribution in [0.1, 0.15) is 23.5 Å². The Morgan fingerprint density at radius 1 is 1.62 bits per heavy atom. The molecule has 2 rings (SSSR count). The predicted octanol–water partition coefficient (Wildman–Crippen LogP) is 1.05. The minimum absolute atomic E-state index is 0.169. The summed E-state index contributed by atoms with van der Waals surface area (Å²) in [5.41, 5.74) is 1.58. The first-order valence-corrected chi connectivity index (χ1v) is 6.38. The Hall–Kier alpha value is -1.38. The predicted molar refractivity (Wildman–Crippen MR) is 61.2 cm³/mol. The van der Waals surface area contributed by atoms with E-state index in [-0.39, 0.29) is 5.92 Å². The van der Waals surface area contributed by atoms with Gasteiger partial charge in [0.05, 0.1) is 29.2 Å². The number of ether oxygens (including phenoxy) is 1. The summed E-state index contributed by atoms with van der Waals surface area (Å²) < 4.78 is 16.5. The molecule has 2 atom stereocenters. The van der Waals surface area contributed by atoms with Crippen molar-refractivity contribution in [2.75, 3.05) is 12.4 Å². The van der Waals surface area contributed by atoms with Gasteiger partial charge in [0, 0.05) is 11.7 Å². The molecular formula is C11H12N2O2S. The average molecular weight is 236 g/mol. The van der Waals surface area contributed by atoms with Gasteiger partial charge in [0.1, 0.15) is 5.75 Å². The average Bonchev–Trinajstić information content (AvgIpc) is 2.28. The van der Waals surface area contributed by atoms with Gasteiger partial charge in [-0.25, -0.2) is 4.21 Å². The molecule has 0 spiro atoms. The third-order valence-corrected chi connectivity index (χ3v) is 3.40. The lowest BCUT2D eigenvalue weighted by Gasteiger charge is -2.25. The molecule has 2 unspecified atom stereocenters. The zero-order valence-corrected chi connectivity index (χ0v) is 9.50. The van der Waals surface area contributed by atoms with E-state index in [0.717, 1.165) is 17.7 Å². The molecule has 4 nitrogen and oxygen atoms in total. The fourth-order valence-corrected chi connectivity index (χ4v) is 2.65. The second-order valence-corrected chi connectivity index (χ2v) is 4.84. The van der Waals surface area contributed by atoms with Crippen molar-refractivity contribution in [3.63, 3.8) is 0 Å². The van der Waals surface area contributed by atoms with Crippen molar-refractivity contribution in [1.82, 2.24) is 0 Å². The van der Waals surface area contributed by atoms with E-state index in [1.165, 1.54) is 0 Å². The Morgan fingerprint density at radius 3 is 3.12 bits per heavy atom. The third kappa shape index (κ3) is 2.23. The Labute approximate surface area is 96.6 Å². The number of nitriles is 1. The second-order valence-electron chi connectivity index (χ2n) is 3.75. The molecule has 84 valence electrons. The lowest BCUT2D eigenvalue weighted by Crippen LogP contribution is -2.21. The molecule has 16 heavy (non-hydrogen) atoms. The monoisotopic (exact) mass is 236 g/mol. The lowest BCUT2D eigenvalue weighted by molar-refractivity contribution is 0.273. The normalized spacial score (nSPS) is 20.4. The number of hydrogen-bond acceptors (Lipinski definition) is 3. The van der Waals surface area contributed by atoms with Gasteiger partial charge in [-0.3, -0.25) is 5.14 Å².